The normalized spacial score (nSPS) is 13.7. The lowest BCUT2D eigenvalue weighted by Gasteiger charge is -2.39. The first-order valence-corrected chi connectivity index (χ1v) is 12.0. The lowest BCUT2D eigenvalue weighted by Crippen LogP contribution is -2.38. The summed E-state index contributed by atoms with van der Waals surface area (Å²) in [5.74, 6) is -0.762. The number of ether oxygens (including phenoxy) is 4. The zero-order chi connectivity index (χ0) is 26.5. The summed E-state index contributed by atoms with van der Waals surface area (Å²) in [5, 5.41) is 12.7. The Morgan fingerprint density at radius 2 is 1.67 bits per heavy atom. The van der Waals surface area contributed by atoms with Gasteiger partial charge in [0.05, 0.1) is 34.4 Å². The summed E-state index contributed by atoms with van der Waals surface area (Å²) in [4.78, 5) is 10.6. The number of halogens is 2. The van der Waals surface area contributed by atoms with Crippen molar-refractivity contribution in [1.29, 1.82) is 0 Å². The van der Waals surface area contributed by atoms with E-state index in [1.54, 1.807) is 36.5 Å². The van der Waals surface area contributed by atoms with Crippen LogP contribution in [0.4, 0.5) is 4.39 Å². The molecular weight excluding hydrogens is 533 g/mol. The number of aliphatic hydroxyl groups is 1. The van der Waals surface area contributed by atoms with Gasteiger partial charge in [-0.25, -0.2) is 9.37 Å². The highest BCUT2D eigenvalue weighted by molar-refractivity contribution is 9.10. The molecule has 0 aliphatic rings. The van der Waals surface area contributed by atoms with Crippen molar-refractivity contribution >= 4 is 15.9 Å². The van der Waals surface area contributed by atoms with E-state index in [0.717, 1.165) is 0 Å². The molecule has 1 N–H and O–H groups in total. The van der Waals surface area contributed by atoms with Crippen molar-refractivity contribution in [1.82, 2.24) is 14.9 Å². The Kier molecular flexibility index (Phi) is 9.10. The summed E-state index contributed by atoms with van der Waals surface area (Å²) >= 11 is 3.47. The van der Waals surface area contributed by atoms with Crippen LogP contribution in [0.2, 0.25) is 0 Å². The van der Waals surface area contributed by atoms with Gasteiger partial charge in [0, 0.05) is 40.5 Å². The van der Waals surface area contributed by atoms with Crippen LogP contribution in [0.1, 0.15) is 29.0 Å². The first kappa shape index (κ1) is 27.6. The van der Waals surface area contributed by atoms with Crippen LogP contribution in [-0.4, -0.2) is 69.1 Å². The van der Waals surface area contributed by atoms with Crippen molar-refractivity contribution in [2.45, 2.75) is 17.9 Å². The van der Waals surface area contributed by atoms with E-state index in [2.05, 4.69) is 25.9 Å². The summed E-state index contributed by atoms with van der Waals surface area (Å²) in [7, 11) is 9.63. The highest BCUT2D eigenvalue weighted by Gasteiger charge is 2.44. The van der Waals surface area contributed by atoms with Gasteiger partial charge < -0.3 is 29.0 Å². The van der Waals surface area contributed by atoms with Crippen molar-refractivity contribution in [3.05, 3.63) is 69.6 Å². The predicted molar refractivity (Wildman–Crippen MR) is 138 cm³/mol. The fourth-order valence-corrected chi connectivity index (χ4v) is 4.55. The summed E-state index contributed by atoms with van der Waals surface area (Å²) in [6, 6.07) is 9.86. The van der Waals surface area contributed by atoms with Crippen LogP contribution in [0, 0.1) is 5.82 Å². The van der Waals surface area contributed by atoms with E-state index in [0.29, 0.717) is 22.1 Å². The van der Waals surface area contributed by atoms with Crippen LogP contribution in [-0.2, 0) is 5.60 Å². The van der Waals surface area contributed by atoms with Gasteiger partial charge in [-0.3, -0.25) is 0 Å². The number of nitrogens with zero attached hydrogens (tertiary/aromatic N) is 3. The highest BCUT2D eigenvalue weighted by Crippen LogP contribution is 2.49. The minimum Gasteiger partial charge on any atom is -0.494 e. The maximum Gasteiger partial charge on any atom is 0.217 e. The van der Waals surface area contributed by atoms with E-state index in [4.69, 9.17) is 18.9 Å². The van der Waals surface area contributed by atoms with Crippen LogP contribution >= 0.6 is 15.9 Å². The zero-order valence-corrected chi connectivity index (χ0v) is 22.8. The molecule has 0 aliphatic carbocycles. The molecule has 3 aromatic rings. The monoisotopic (exact) mass is 563 g/mol. The average Bonchev–Trinajstić information content (AvgIpc) is 2.88. The van der Waals surface area contributed by atoms with Gasteiger partial charge in [0.2, 0.25) is 17.6 Å². The van der Waals surface area contributed by atoms with Crippen LogP contribution in [0.15, 0.2) is 47.1 Å². The molecule has 2 heterocycles. The van der Waals surface area contributed by atoms with Gasteiger partial charge >= 0.3 is 0 Å². The summed E-state index contributed by atoms with van der Waals surface area (Å²) < 4.78 is 38.2. The summed E-state index contributed by atoms with van der Waals surface area (Å²) in [5.41, 5.74) is -0.558. The first-order chi connectivity index (χ1) is 17.2. The Morgan fingerprint density at radius 3 is 2.22 bits per heavy atom. The van der Waals surface area contributed by atoms with Gasteiger partial charge in [-0.1, -0.05) is 12.1 Å². The fraction of sp³-hybridized carbons (Fsp3) is 0.385. The molecule has 0 fully saturated rings. The minimum atomic E-state index is -1.68. The Bertz CT molecular complexity index is 1170. The van der Waals surface area contributed by atoms with E-state index < -0.39 is 17.3 Å². The van der Waals surface area contributed by atoms with Crippen molar-refractivity contribution < 1.29 is 28.4 Å². The van der Waals surface area contributed by atoms with Gasteiger partial charge in [0.15, 0.2) is 11.6 Å². The van der Waals surface area contributed by atoms with E-state index in [9.17, 15) is 5.11 Å². The number of aromatic nitrogens is 2. The second-order valence-electron chi connectivity index (χ2n) is 8.47. The Morgan fingerprint density at radius 1 is 1.00 bits per heavy atom. The Hall–Kier alpha value is -2.95. The first-order valence-electron chi connectivity index (χ1n) is 11.2. The largest absolute Gasteiger partial charge is 0.494 e. The van der Waals surface area contributed by atoms with Crippen LogP contribution in [0.5, 0.6) is 23.4 Å². The third-order valence-corrected chi connectivity index (χ3v) is 6.42. The number of methoxy groups -OCH3 is 4. The number of rotatable bonds is 11. The Labute approximate surface area is 219 Å². The molecule has 0 aliphatic heterocycles. The van der Waals surface area contributed by atoms with Crippen molar-refractivity contribution in [2.24, 2.45) is 0 Å². The summed E-state index contributed by atoms with van der Waals surface area (Å²) in [6.45, 7) is 0.481. The molecule has 0 bridgehead atoms. The maximum absolute atomic E-state index is 15.9. The molecule has 3 rings (SSSR count). The van der Waals surface area contributed by atoms with E-state index in [-0.39, 0.29) is 35.4 Å². The molecule has 0 spiro atoms. The SMILES string of the molecule is COc1cc(C(O)(CCN(C)C)C(c2cc(Br)cnc2OC)c2cccc(OC)c2F)cc(OC)n1. The van der Waals surface area contributed by atoms with Gasteiger partial charge in [-0.05, 0) is 54.1 Å². The Balaban J connectivity index is 2.43. The molecule has 0 saturated heterocycles. The van der Waals surface area contributed by atoms with Gasteiger partial charge in [-0.15, -0.1) is 0 Å². The molecule has 0 saturated carbocycles. The van der Waals surface area contributed by atoms with Crippen LogP contribution in [0.25, 0.3) is 0 Å². The molecule has 10 heteroatoms. The standard InChI is InChI=1S/C26H31BrFN3O5/c1-31(2)11-10-26(32,16-12-21(34-4)30-22(13-16)35-5)23(18-8-7-9-20(33-3)24(18)28)19-14-17(27)15-29-25(19)36-6/h7-9,12-15,23,32H,10-11H2,1-6H3. The van der Waals surface area contributed by atoms with Crippen molar-refractivity contribution in [2.75, 3.05) is 49.1 Å². The molecule has 0 radical (unpaired) electrons. The van der Waals surface area contributed by atoms with Gasteiger partial charge in [-0.2, -0.15) is 4.98 Å². The molecule has 2 aromatic heterocycles. The van der Waals surface area contributed by atoms with Gasteiger partial charge in [0.25, 0.3) is 0 Å². The smallest absolute Gasteiger partial charge is 0.217 e. The third kappa shape index (κ3) is 5.71. The highest BCUT2D eigenvalue weighted by atomic mass is 79.9. The van der Waals surface area contributed by atoms with Gasteiger partial charge in [0.1, 0.15) is 5.60 Å². The van der Waals surface area contributed by atoms with Crippen LogP contribution in [0.3, 0.4) is 0 Å². The zero-order valence-electron chi connectivity index (χ0n) is 21.2. The molecule has 8 nitrogen and oxygen atoms in total. The fourth-order valence-electron chi connectivity index (χ4n) is 4.20. The molecule has 36 heavy (non-hydrogen) atoms. The molecule has 2 unspecified atom stereocenters. The molecular formula is C26H31BrFN3O5. The van der Waals surface area contributed by atoms with E-state index in [1.807, 2.05) is 19.0 Å². The van der Waals surface area contributed by atoms with Crippen LogP contribution < -0.4 is 18.9 Å². The molecule has 194 valence electrons. The molecule has 1 aromatic carbocycles. The summed E-state index contributed by atoms with van der Waals surface area (Å²) in [6.07, 6.45) is 1.80. The lowest BCUT2D eigenvalue weighted by atomic mass is 9.71. The second-order valence-corrected chi connectivity index (χ2v) is 9.38. The van der Waals surface area contributed by atoms with E-state index in [1.165, 1.54) is 34.5 Å². The average molecular weight is 564 g/mol. The number of hydrogen-bond donors (Lipinski definition) is 1. The number of pyridine rings is 2. The molecule has 2 atom stereocenters. The van der Waals surface area contributed by atoms with Crippen molar-refractivity contribution in [3.63, 3.8) is 0 Å². The second kappa shape index (κ2) is 11.9. The topological polar surface area (TPSA) is 86.2 Å². The van der Waals surface area contributed by atoms with E-state index >= 15 is 4.39 Å². The lowest BCUT2D eigenvalue weighted by molar-refractivity contribution is 0.00226. The quantitative estimate of drug-likeness (QED) is 0.367. The maximum atomic E-state index is 15.9. The third-order valence-electron chi connectivity index (χ3n) is 5.99. The molecule has 0 amide bonds. The minimum absolute atomic E-state index is 0.0549. The van der Waals surface area contributed by atoms with Crippen molar-refractivity contribution in [3.8, 4) is 23.4 Å². The predicted octanol–water partition coefficient (Wildman–Crippen LogP) is 4.38. The number of hydrogen-bond acceptors (Lipinski definition) is 8. The number of benzene rings is 1.